The summed E-state index contributed by atoms with van der Waals surface area (Å²) in [5, 5.41) is 0. The highest BCUT2D eigenvalue weighted by atomic mass is 16.5. The molecular formula is C24H22N4O2. The molecule has 0 unspecified atom stereocenters. The monoisotopic (exact) mass is 398 g/mol. The molecule has 0 bridgehead atoms. The molecule has 2 aromatic carbocycles. The zero-order chi connectivity index (χ0) is 20.3. The SMILES string of the molecule is O=C1CCCN1Cc1ccc(-c2nc3ncccc3[nH]2)cc1OCc1ccccc1. The fraction of sp³-hybridized carbons (Fsp3) is 0.208. The van der Waals surface area contributed by atoms with Gasteiger partial charge < -0.3 is 14.6 Å². The van der Waals surface area contributed by atoms with Gasteiger partial charge in [0.05, 0.1) is 5.52 Å². The maximum Gasteiger partial charge on any atom is 0.222 e. The molecule has 5 rings (SSSR count). The maximum absolute atomic E-state index is 12.1. The van der Waals surface area contributed by atoms with Crippen LogP contribution in [0.5, 0.6) is 5.75 Å². The number of aromatic nitrogens is 3. The Morgan fingerprint density at radius 1 is 1.07 bits per heavy atom. The second kappa shape index (κ2) is 7.99. The molecular weight excluding hydrogens is 376 g/mol. The van der Waals surface area contributed by atoms with Crippen LogP contribution in [0.2, 0.25) is 0 Å². The molecule has 6 heteroatoms. The molecule has 0 saturated carbocycles. The summed E-state index contributed by atoms with van der Waals surface area (Å²) in [6, 6.07) is 20.0. The van der Waals surface area contributed by atoms with Crippen LogP contribution >= 0.6 is 0 Å². The largest absolute Gasteiger partial charge is 0.489 e. The summed E-state index contributed by atoms with van der Waals surface area (Å²) < 4.78 is 6.21. The molecule has 3 heterocycles. The average Bonchev–Trinajstić information content (AvgIpc) is 3.40. The predicted octanol–water partition coefficient (Wildman–Crippen LogP) is 4.33. The number of carbonyl (C=O) groups excluding carboxylic acids is 1. The number of fused-ring (bicyclic) bond motifs is 1. The first-order valence-electron chi connectivity index (χ1n) is 10.1. The Labute approximate surface area is 174 Å². The third-order valence-electron chi connectivity index (χ3n) is 5.37. The zero-order valence-corrected chi connectivity index (χ0v) is 16.5. The van der Waals surface area contributed by atoms with Gasteiger partial charge in [0.1, 0.15) is 18.2 Å². The third-order valence-corrected chi connectivity index (χ3v) is 5.37. The lowest BCUT2D eigenvalue weighted by Gasteiger charge is -2.19. The van der Waals surface area contributed by atoms with Gasteiger partial charge in [-0.3, -0.25) is 4.79 Å². The van der Waals surface area contributed by atoms with E-state index in [4.69, 9.17) is 4.74 Å². The van der Waals surface area contributed by atoms with Crippen molar-refractivity contribution in [3.63, 3.8) is 0 Å². The van der Waals surface area contributed by atoms with Crippen molar-refractivity contribution in [3.05, 3.63) is 78.0 Å². The van der Waals surface area contributed by atoms with E-state index in [-0.39, 0.29) is 5.91 Å². The van der Waals surface area contributed by atoms with Crippen molar-refractivity contribution < 1.29 is 9.53 Å². The van der Waals surface area contributed by atoms with Crippen LogP contribution in [0.4, 0.5) is 0 Å². The summed E-state index contributed by atoms with van der Waals surface area (Å²) in [7, 11) is 0. The Morgan fingerprint density at radius 3 is 2.77 bits per heavy atom. The molecule has 150 valence electrons. The maximum atomic E-state index is 12.1. The van der Waals surface area contributed by atoms with E-state index in [1.165, 1.54) is 0 Å². The van der Waals surface area contributed by atoms with Crippen molar-refractivity contribution in [1.29, 1.82) is 0 Å². The third kappa shape index (κ3) is 3.76. The van der Waals surface area contributed by atoms with E-state index < -0.39 is 0 Å². The second-order valence-electron chi connectivity index (χ2n) is 7.48. The fourth-order valence-electron chi connectivity index (χ4n) is 3.76. The quantitative estimate of drug-likeness (QED) is 0.525. The van der Waals surface area contributed by atoms with Crippen LogP contribution in [0.3, 0.4) is 0 Å². The van der Waals surface area contributed by atoms with Crippen molar-refractivity contribution in [1.82, 2.24) is 19.9 Å². The number of hydrogen-bond acceptors (Lipinski definition) is 4. The number of nitrogens with one attached hydrogen (secondary N) is 1. The summed E-state index contributed by atoms with van der Waals surface area (Å²) in [6.07, 6.45) is 3.28. The summed E-state index contributed by atoms with van der Waals surface area (Å²) in [5.74, 6) is 1.72. The molecule has 2 aromatic heterocycles. The average molecular weight is 398 g/mol. The molecule has 0 spiro atoms. The number of pyridine rings is 1. The molecule has 0 aliphatic carbocycles. The lowest BCUT2D eigenvalue weighted by Crippen LogP contribution is -2.24. The molecule has 6 nitrogen and oxygen atoms in total. The molecule has 1 fully saturated rings. The number of rotatable bonds is 6. The lowest BCUT2D eigenvalue weighted by molar-refractivity contribution is -0.128. The second-order valence-corrected chi connectivity index (χ2v) is 7.48. The van der Waals surface area contributed by atoms with E-state index in [0.717, 1.165) is 46.7 Å². The highest BCUT2D eigenvalue weighted by Crippen LogP contribution is 2.29. The summed E-state index contributed by atoms with van der Waals surface area (Å²) in [4.78, 5) is 26.2. The normalized spacial score (nSPS) is 13.9. The number of H-pyrrole nitrogens is 1. The Bertz CT molecular complexity index is 1150. The molecule has 1 saturated heterocycles. The summed E-state index contributed by atoms with van der Waals surface area (Å²) in [5.41, 5.74) is 4.60. The smallest absolute Gasteiger partial charge is 0.222 e. The van der Waals surface area contributed by atoms with Crippen molar-refractivity contribution in [2.75, 3.05) is 6.54 Å². The van der Waals surface area contributed by atoms with E-state index in [1.54, 1.807) is 6.20 Å². The molecule has 1 amide bonds. The predicted molar refractivity (Wildman–Crippen MR) is 115 cm³/mol. The molecule has 0 atom stereocenters. The summed E-state index contributed by atoms with van der Waals surface area (Å²) in [6.45, 7) is 1.83. The van der Waals surface area contributed by atoms with Crippen LogP contribution in [-0.2, 0) is 17.9 Å². The Hall–Kier alpha value is -3.67. The first-order chi connectivity index (χ1) is 14.8. The number of amides is 1. The van der Waals surface area contributed by atoms with Gasteiger partial charge in [0.15, 0.2) is 5.65 Å². The zero-order valence-electron chi connectivity index (χ0n) is 16.5. The molecule has 0 radical (unpaired) electrons. The molecule has 4 aromatic rings. The number of ether oxygens (including phenoxy) is 1. The highest BCUT2D eigenvalue weighted by molar-refractivity contribution is 5.78. The van der Waals surface area contributed by atoms with E-state index in [2.05, 4.69) is 15.0 Å². The van der Waals surface area contributed by atoms with Crippen LogP contribution in [-0.4, -0.2) is 32.3 Å². The van der Waals surface area contributed by atoms with Gasteiger partial charge in [-0.05, 0) is 30.2 Å². The number of benzene rings is 2. The Kier molecular flexibility index (Phi) is 4.89. The van der Waals surface area contributed by atoms with Gasteiger partial charge >= 0.3 is 0 Å². The van der Waals surface area contributed by atoms with E-state index in [0.29, 0.717) is 25.2 Å². The van der Waals surface area contributed by atoms with Crippen LogP contribution in [0.25, 0.3) is 22.6 Å². The van der Waals surface area contributed by atoms with Gasteiger partial charge in [0.2, 0.25) is 5.91 Å². The minimum Gasteiger partial charge on any atom is -0.489 e. The van der Waals surface area contributed by atoms with Gasteiger partial charge in [-0.15, -0.1) is 0 Å². The Balaban J connectivity index is 1.47. The number of nitrogens with zero attached hydrogens (tertiary/aromatic N) is 3. The van der Waals surface area contributed by atoms with Crippen molar-refractivity contribution in [3.8, 4) is 17.1 Å². The van der Waals surface area contributed by atoms with Crippen molar-refractivity contribution in [2.24, 2.45) is 0 Å². The number of imidazole rings is 1. The van der Waals surface area contributed by atoms with E-state index in [9.17, 15) is 4.79 Å². The Morgan fingerprint density at radius 2 is 1.97 bits per heavy atom. The number of carbonyl (C=O) groups is 1. The van der Waals surface area contributed by atoms with Gasteiger partial charge in [0, 0.05) is 36.8 Å². The van der Waals surface area contributed by atoms with Crippen molar-refractivity contribution >= 4 is 17.1 Å². The molecule has 1 aliphatic heterocycles. The van der Waals surface area contributed by atoms with Crippen LogP contribution < -0.4 is 4.74 Å². The number of hydrogen-bond donors (Lipinski definition) is 1. The number of aromatic amines is 1. The van der Waals surface area contributed by atoms with Gasteiger partial charge in [-0.25, -0.2) is 9.97 Å². The highest BCUT2D eigenvalue weighted by Gasteiger charge is 2.22. The van der Waals surface area contributed by atoms with Gasteiger partial charge in [-0.1, -0.05) is 42.5 Å². The number of likely N-dealkylation sites (tertiary alicyclic amines) is 1. The topological polar surface area (TPSA) is 71.1 Å². The van der Waals surface area contributed by atoms with Gasteiger partial charge in [-0.2, -0.15) is 0 Å². The minimum atomic E-state index is 0.205. The summed E-state index contributed by atoms with van der Waals surface area (Å²) >= 11 is 0. The molecule has 1 aliphatic rings. The fourth-order valence-corrected chi connectivity index (χ4v) is 3.76. The minimum absolute atomic E-state index is 0.205. The standard InChI is InChI=1S/C24H22N4O2/c29-22-9-5-13-28(22)15-19-11-10-18(23-26-20-8-4-12-25-24(20)27-23)14-21(19)30-16-17-6-2-1-3-7-17/h1-4,6-8,10-12,14H,5,9,13,15-16H2,(H,25,26,27). The van der Waals surface area contributed by atoms with Crippen LogP contribution in [0.1, 0.15) is 24.0 Å². The van der Waals surface area contributed by atoms with Crippen molar-refractivity contribution in [2.45, 2.75) is 26.0 Å². The first-order valence-corrected chi connectivity index (χ1v) is 10.1. The lowest BCUT2D eigenvalue weighted by atomic mass is 10.1. The van der Waals surface area contributed by atoms with Crippen LogP contribution in [0.15, 0.2) is 66.9 Å². The van der Waals surface area contributed by atoms with Crippen LogP contribution in [0, 0.1) is 0 Å². The molecule has 30 heavy (non-hydrogen) atoms. The molecule has 1 N–H and O–H groups in total. The van der Waals surface area contributed by atoms with E-state index in [1.807, 2.05) is 65.6 Å². The van der Waals surface area contributed by atoms with E-state index >= 15 is 0 Å². The van der Waals surface area contributed by atoms with Gasteiger partial charge in [0.25, 0.3) is 0 Å². The first kappa shape index (κ1) is 18.4.